The van der Waals surface area contributed by atoms with Gasteiger partial charge < -0.3 is 14.4 Å². The number of rotatable bonds is 6. The Morgan fingerprint density at radius 2 is 1.82 bits per heavy atom. The number of esters is 1. The van der Waals surface area contributed by atoms with E-state index in [0.717, 1.165) is 10.6 Å². The van der Waals surface area contributed by atoms with Gasteiger partial charge in [-0.3, -0.25) is 4.79 Å². The molecule has 6 nitrogen and oxygen atoms in total. The molecule has 1 heterocycles. The molecule has 7 heteroatoms. The summed E-state index contributed by atoms with van der Waals surface area (Å²) < 4.78 is 10.5. The standard InChI is InChI=1S/C21H18N2O4S/c1-14(27-15-8-4-3-5-9-15)21(25)26-13-18(24)16(12-22)20-23(2)17-10-6-7-11-19(17)28-20/h3-11,14H,13H2,1-2H3/b20-16-/t14-/m1/s1. The largest absolute Gasteiger partial charge is 0.479 e. The number of benzene rings is 2. The number of para-hydroxylation sites is 2. The molecule has 2 aromatic rings. The van der Waals surface area contributed by atoms with Gasteiger partial charge in [0.2, 0.25) is 5.78 Å². The second-order valence-corrected chi connectivity index (χ2v) is 7.06. The van der Waals surface area contributed by atoms with Gasteiger partial charge in [-0.2, -0.15) is 5.26 Å². The second-order valence-electron chi connectivity index (χ2n) is 6.02. The summed E-state index contributed by atoms with van der Waals surface area (Å²) in [7, 11) is 1.79. The zero-order valence-corrected chi connectivity index (χ0v) is 16.2. The van der Waals surface area contributed by atoms with Crippen molar-refractivity contribution in [1.82, 2.24) is 0 Å². The van der Waals surface area contributed by atoms with Gasteiger partial charge in [-0.15, -0.1) is 0 Å². The first kappa shape index (κ1) is 19.5. The molecule has 0 N–H and O–H groups in total. The average Bonchev–Trinajstić information content (AvgIpc) is 3.04. The van der Waals surface area contributed by atoms with Crippen LogP contribution in [0.4, 0.5) is 5.69 Å². The minimum Gasteiger partial charge on any atom is -0.479 e. The molecular formula is C21H18N2O4S. The quantitative estimate of drug-likeness (QED) is 0.421. The molecule has 1 aliphatic rings. The molecule has 1 aliphatic heterocycles. The van der Waals surface area contributed by atoms with Crippen LogP contribution in [0, 0.1) is 11.3 Å². The van der Waals surface area contributed by atoms with Gasteiger partial charge in [0, 0.05) is 11.9 Å². The average molecular weight is 394 g/mol. The van der Waals surface area contributed by atoms with E-state index in [2.05, 4.69) is 0 Å². The van der Waals surface area contributed by atoms with Crippen LogP contribution in [0.2, 0.25) is 0 Å². The van der Waals surface area contributed by atoms with Crippen LogP contribution in [0.5, 0.6) is 5.75 Å². The summed E-state index contributed by atoms with van der Waals surface area (Å²) in [6.45, 7) is 1.03. The molecule has 0 radical (unpaired) electrons. The normalized spacial score (nSPS) is 15.2. The Kier molecular flexibility index (Phi) is 6.02. The van der Waals surface area contributed by atoms with Crippen molar-refractivity contribution in [3.8, 4) is 11.8 Å². The van der Waals surface area contributed by atoms with Crippen molar-refractivity contribution >= 4 is 29.2 Å². The van der Waals surface area contributed by atoms with Crippen molar-refractivity contribution in [2.75, 3.05) is 18.6 Å². The summed E-state index contributed by atoms with van der Waals surface area (Å²) in [6.07, 6.45) is -0.874. The maximum Gasteiger partial charge on any atom is 0.347 e. The number of ether oxygens (including phenoxy) is 2. The first-order valence-corrected chi connectivity index (χ1v) is 9.39. The summed E-state index contributed by atoms with van der Waals surface area (Å²) in [6, 6.07) is 18.4. The predicted molar refractivity (Wildman–Crippen MR) is 106 cm³/mol. The maximum absolute atomic E-state index is 12.5. The number of Topliss-reactive ketones (excluding diaryl/α,β-unsaturated/α-hetero) is 1. The fourth-order valence-electron chi connectivity index (χ4n) is 2.63. The summed E-state index contributed by atoms with van der Waals surface area (Å²) in [5.41, 5.74) is 0.887. The molecule has 0 aliphatic carbocycles. The first-order chi connectivity index (χ1) is 13.5. The fraction of sp³-hybridized carbons (Fsp3) is 0.190. The van der Waals surface area contributed by atoms with Gasteiger partial charge in [0.1, 0.15) is 22.4 Å². The molecule has 0 aromatic heterocycles. The third kappa shape index (κ3) is 4.18. The number of hydrogen-bond donors (Lipinski definition) is 0. The highest BCUT2D eigenvalue weighted by Gasteiger charge is 2.28. The molecule has 2 aromatic carbocycles. The number of thioether (sulfide) groups is 1. The third-order valence-electron chi connectivity index (χ3n) is 4.08. The highest BCUT2D eigenvalue weighted by atomic mass is 32.2. The lowest BCUT2D eigenvalue weighted by atomic mass is 10.2. The van der Waals surface area contributed by atoms with E-state index in [1.54, 1.807) is 43.1 Å². The molecule has 142 valence electrons. The molecule has 0 bridgehead atoms. The van der Waals surface area contributed by atoms with E-state index in [4.69, 9.17) is 9.47 Å². The predicted octanol–water partition coefficient (Wildman–Crippen LogP) is 3.54. The van der Waals surface area contributed by atoms with E-state index in [1.165, 1.54) is 11.8 Å². The van der Waals surface area contributed by atoms with Crippen molar-refractivity contribution in [3.05, 3.63) is 65.2 Å². The molecule has 0 amide bonds. The summed E-state index contributed by atoms with van der Waals surface area (Å²) in [5.74, 6) is -0.694. The lowest BCUT2D eigenvalue weighted by Crippen LogP contribution is -2.28. The molecule has 1 atom stereocenters. The van der Waals surface area contributed by atoms with E-state index in [1.807, 2.05) is 36.4 Å². The topological polar surface area (TPSA) is 79.6 Å². The molecule has 3 rings (SSSR count). The minimum atomic E-state index is -0.874. The van der Waals surface area contributed by atoms with Crippen LogP contribution < -0.4 is 9.64 Å². The lowest BCUT2D eigenvalue weighted by Gasteiger charge is -2.15. The van der Waals surface area contributed by atoms with E-state index in [0.29, 0.717) is 10.8 Å². The van der Waals surface area contributed by atoms with E-state index >= 15 is 0 Å². The third-order valence-corrected chi connectivity index (χ3v) is 5.31. The van der Waals surface area contributed by atoms with Crippen molar-refractivity contribution < 1.29 is 19.1 Å². The Balaban J connectivity index is 1.64. The van der Waals surface area contributed by atoms with E-state index in [9.17, 15) is 14.9 Å². The number of nitriles is 1. The number of anilines is 1. The van der Waals surface area contributed by atoms with Gasteiger partial charge in [0.05, 0.1) is 5.69 Å². The lowest BCUT2D eigenvalue weighted by molar-refractivity contribution is -0.153. The van der Waals surface area contributed by atoms with Gasteiger partial charge in [-0.25, -0.2) is 4.79 Å². The van der Waals surface area contributed by atoms with Crippen molar-refractivity contribution in [2.24, 2.45) is 0 Å². The molecule has 0 unspecified atom stereocenters. The Labute approximate surface area is 167 Å². The van der Waals surface area contributed by atoms with Gasteiger partial charge in [-0.05, 0) is 31.2 Å². The van der Waals surface area contributed by atoms with Crippen LogP contribution in [-0.2, 0) is 14.3 Å². The molecular weight excluding hydrogens is 376 g/mol. The van der Waals surface area contributed by atoms with Crippen LogP contribution in [0.25, 0.3) is 0 Å². The summed E-state index contributed by atoms with van der Waals surface area (Å²) >= 11 is 1.34. The van der Waals surface area contributed by atoms with Gasteiger partial charge in [0.15, 0.2) is 12.7 Å². The molecule has 0 saturated carbocycles. The highest BCUT2D eigenvalue weighted by Crippen LogP contribution is 2.46. The number of hydrogen-bond acceptors (Lipinski definition) is 7. The Bertz CT molecular complexity index is 966. The number of nitrogens with zero attached hydrogens (tertiary/aromatic N) is 2. The van der Waals surface area contributed by atoms with E-state index in [-0.39, 0.29) is 5.57 Å². The first-order valence-electron chi connectivity index (χ1n) is 8.57. The Hall–Kier alpha value is -3.24. The van der Waals surface area contributed by atoms with Gasteiger partial charge in [0.25, 0.3) is 0 Å². The highest BCUT2D eigenvalue weighted by molar-refractivity contribution is 8.03. The Morgan fingerprint density at radius 1 is 1.14 bits per heavy atom. The number of carbonyl (C=O) groups excluding carboxylic acids is 2. The Morgan fingerprint density at radius 3 is 2.50 bits per heavy atom. The van der Waals surface area contributed by atoms with Crippen LogP contribution in [-0.4, -0.2) is 31.5 Å². The smallest absolute Gasteiger partial charge is 0.347 e. The van der Waals surface area contributed by atoms with Crippen LogP contribution in [0.15, 0.2) is 70.1 Å². The molecule has 28 heavy (non-hydrogen) atoms. The molecule has 0 fully saturated rings. The number of fused-ring (bicyclic) bond motifs is 1. The monoisotopic (exact) mass is 394 g/mol. The minimum absolute atomic E-state index is 0.0341. The van der Waals surface area contributed by atoms with Gasteiger partial charge >= 0.3 is 5.97 Å². The van der Waals surface area contributed by atoms with Crippen LogP contribution in [0.1, 0.15) is 6.92 Å². The summed E-state index contributed by atoms with van der Waals surface area (Å²) in [5, 5.41) is 10.0. The van der Waals surface area contributed by atoms with Crippen molar-refractivity contribution in [3.63, 3.8) is 0 Å². The van der Waals surface area contributed by atoms with Gasteiger partial charge in [-0.1, -0.05) is 42.1 Å². The van der Waals surface area contributed by atoms with E-state index < -0.39 is 24.5 Å². The number of carbonyl (C=O) groups is 2. The fourth-order valence-corrected chi connectivity index (χ4v) is 3.79. The zero-order valence-electron chi connectivity index (χ0n) is 15.4. The SMILES string of the molecule is C[C@@H](Oc1ccccc1)C(=O)OCC(=O)/C(C#N)=C1\Sc2ccccc2N1C. The second kappa shape index (κ2) is 8.63. The zero-order chi connectivity index (χ0) is 20.1. The molecule has 0 saturated heterocycles. The van der Waals surface area contributed by atoms with Crippen molar-refractivity contribution in [2.45, 2.75) is 17.9 Å². The van der Waals surface area contributed by atoms with Crippen LogP contribution in [0.3, 0.4) is 0 Å². The number of ketones is 1. The van der Waals surface area contributed by atoms with Crippen molar-refractivity contribution in [1.29, 1.82) is 5.26 Å². The van der Waals surface area contributed by atoms with Crippen LogP contribution >= 0.6 is 11.8 Å². The maximum atomic E-state index is 12.5. The summed E-state index contributed by atoms with van der Waals surface area (Å²) in [4.78, 5) is 27.4. The molecule has 0 spiro atoms.